The van der Waals surface area contributed by atoms with E-state index in [1.54, 1.807) is 31.4 Å². The van der Waals surface area contributed by atoms with E-state index in [0.29, 0.717) is 56.0 Å². The van der Waals surface area contributed by atoms with Crippen LogP contribution in [0.1, 0.15) is 67.3 Å². The predicted molar refractivity (Wildman–Crippen MR) is 179 cm³/mol. The number of β-amino-alcohol motifs (C(OH)–C–C–N with tert-alkyl or cyclic N) is 1. The van der Waals surface area contributed by atoms with E-state index in [0.717, 1.165) is 47.8 Å². The van der Waals surface area contributed by atoms with Gasteiger partial charge in [0.05, 0.1) is 18.9 Å². The minimum atomic E-state index is -0.585. The summed E-state index contributed by atoms with van der Waals surface area (Å²) in [6.07, 6.45) is 3.12. The van der Waals surface area contributed by atoms with Gasteiger partial charge in [-0.1, -0.05) is 18.2 Å². The van der Waals surface area contributed by atoms with E-state index in [-0.39, 0.29) is 31.6 Å². The van der Waals surface area contributed by atoms with Gasteiger partial charge in [0.15, 0.2) is 17.9 Å². The van der Waals surface area contributed by atoms with Crippen molar-refractivity contribution in [2.75, 3.05) is 26.7 Å². The van der Waals surface area contributed by atoms with E-state index < -0.39 is 6.10 Å². The number of hydrogen-bond donors (Lipinski definition) is 1. The first-order valence-corrected chi connectivity index (χ1v) is 15.5. The van der Waals surface area contributed by atoms with Crippen molar-refractivity contribution in [2.45, 2.75) is 58.4 Å². The lowest BCUT2D eigenvalue weighted by Crippen LogP contribution is -2.36. The first-order chi connectivity index (χ1) is 21.9. The molecule has 0 radical (unpaired) electrons. The van der Waals surface area contributed by atoms with Crippen LogP contribution in [0.3, 0.4) is 0 Å². The Bertz CT molecular complexity index is 1670. The molecule has 0 saturated heterocycles. The zero-order valence-electron chi connectivity index (χ0n) is 26.3. The lowest BCUT2D eigenvalue weighted by molar-refractivity contribution is 0.0734. The summed E-state index contributed by atoms with van der Waals surface area (Å²) in [6.45, 7) is 5.48. The fourth-order valence-corrected chi connectivity index (χ4v) is 6.09. The molecule has 2 aliphatic heterocycles. The quantitative estimate of drug-likeness (QED) is 0.221. The molecule has 46 heavy (non-hydrogen) atoms. The molecular weight excluding hydrogens is 602 g/mol. The van der Waals surface area contributed by atoms with Gasteiger partial charge in [0.1, 0.15) is 18.1 Å². The summed E-state index contributed by atoms with van der Waals surface area (Å²) in [6, 6.07) is 19.1. The third-order valence-corrected chi connectivity index (χ3v) is 8.82. The zero-order valence-corrected chi connectivity index (χ0v) is 27.3. The maximum Gasteiger partial charge on any atom is 0.254 e. The van der Waals surface area contributed by atoms with E-state index >= 15 is 0 Å². The number of rotatable bonds is 11. The number of amides is 1. The predicted octanol–water partition coefficient (Wildman–Crippen LogP) is 5.26. The number of fused-ring (bicyclic) bond motifs is 2. The molecule has 1 amide bonds. The number of Topliss-reactive ketones (excluding diaryl/α,β-unsaturated/α-hetero) is 1. The molecule has 1 N–H and O–H groups in total. The van der Waals surface area contributed by atoms with Crippen molar-refractivity contribution in [1.82, 2.24) is 14.8 Å². The van der Waals surface area contributed by atoms with Gasteiger partial charge in [0.2, 0.25) is 0 Å². The zero-order chi connectivity index (χ0) is 31.3. The number of methoxy groups -OCH3 is 1. The molecule has 0 bridgehead atoms. The number of oxazole rings is 1. The maximum absolute atomic E-state index is 13.1. The fraction of sp³-hybridized carbons (Fsp3) is 0.361. The van der Waals surface area contributed by atoms with E-state index in [1.165, 1.54) is 17.5 Å². The van der Waals surface area contributed by atoms with Gasteiger partial charge < -0.3 is 23.9 Å². The normalized spacial score (nSPS) is 14.9. The lowest BCUT2D eigenvalue weighted by Gasteiger charge is -2.30. The number of benzene rings is 3. The van der Waals surface area contributed by atoms with Gasteiger partial charge in [-0.3, -0.25) is 14.5 Å². The van der Waals surface area contributed by atoms with Crippen LogP contribution >= 0.6 is 13.5 Å². The number of hydrogen-bond acceptors (Lipinski definition) is 8. The molecule has 2 aliphatic rings. The molecule has 3 heterocycles. The number of aliphatic hydroxyl groups is 1. The third-order valence-electron chi connectivity index (χ3n) is 8.82. The van der Waals surface area contributed by atoms with Crippen LogP contribution in [-0.4, -0.2) is 64.4 Å². The molecule has 4 aromatic rings. The molecular formula is C36H41N3O6S. The second-order valence-corrected chi connectivity index (χ2v) is 11.9. The van der Waals surface area contributed by atoms with E-state index in [4.69, 9.17) is 13.9 Å². The van der Waals surface area contributed by atoms with E-state index in [9.17, 15) is 14.7 Å². The second-order valence-electron chi connectivity index (χ2n) is 11.9. The highest BCUT2D eigenvalue weighted by Gasteiger charge is 2.24. The van der Waals surface area contributed by atoms with Crippen LogP contribution in [0.4, 0.5) is 0 Å². The van der Waals surface area contributed by atoms with Crippen LogP contribution in [0.15, 0.2) is 71.5 Å². The summed E-state index contributed by atoms with van der Waals surface area (Å²) < 4.78 is 16.5. The molecule has 0 aliphatic carbocycles. The largest absolute Gasteiger partial charge is 0.497 e. The SMILES string of the molecule is COc1ccc(C(=O)N2CCc3cc(C(=O)CC[C@H](O)CN4CCc5cc(OCc6ocnc6C)ccc5C4)ccc3C2)cc1.S. The van der Waals surface area contributed by atoms with Crippen molar-refractivity contribution in [3.8, 4) is 11.5 Å². The minimum absolute atomic E-state index is 0. The van der Waals surface area contributed by atoms with Crippen LogP contribution in [0, 0.1) is 6.92 Å². The van der Waals surface area contributed by atoms with E-state index in [1.807, 2.05) is 36.1 Å². The highest BCUT2D eigenvalue weighted by molar-refractivity contribution is 7.59. The fourth-order valence-electron chi connectivity index (χ4n) is 6.09. The van der Waals surface area contributed by atoms with Gasteiger partial charge in [-0.05, 0) is 90.9 Å². The van der Waals surface area contributed by atoms with Gasteiger partial charge in [0, 0.05) is 50.3 Å². The number of nitrogens with zero attached hydrogens (tertiary/aromatic N) is 3. The van der Waals surface area contributed by atoms with Crippen molar-refractivity contribution in [3.63, 3.8) is 0 Å². The average molecular weight is 644 g/mol. The van der Waals surface area contributed by atoms with Gasteiger partial charge in [-0.2, -0.15) is 13.5 Å². The Balaban J connectivity index is 0.00000417. The summed E-state index contributed by atoms with van der Waals surface area (Å²) >= 11 is 0. The van der Waals surface area contributed by atoms with Crippen molar-refractivity contribution in [3.05, 3.63) is 112 Å². The standard InChI is InChI=1S/C36H39N3O6.H2S/c1-24-35(45-23-37-24)22-44-33-11-7-29-19-38(15-13-27(29)18-33)21-31(40)8-12-34(41)28-3-4-30-20-39(16-14-26(30)17-28)36(42)25-5-9-32(43-2)10-6-25;/h3-7,9-11,17-18,23,31,40H,8,12-16,19-22H2,1-2H3;1H2/t31-;/m0./s1. The first kappa shape index (κ1) is 33.2. The van der Waals surface area contributed by atoms with Crippen LogP contribution in [0.5, 0.6) is 11.5 Å². The molecule has 0 unspecified atom stereocenters. The molecule has 242 valence electrons. The Morgan fingerprint density at radius 3 is 2.37 bits per heavy atom. The summed E-state index contributed by atoms with van der Waals surface area (Å²) in [4.78, 5) is 34.3. The van der Waals surface area contributed by atoms with Crippen LogP contribution < -0.4 is 9.47 Å². The first-order valence-electron chi connectivity index (χ1n) is 15.5. The maximum atomic E-state index is 13.1. The average Bonchev–Trinajstić information content (AvgIpc) is 3.49. The number of ether oxygens (including phenoxy) is 2. The number of aryl methyl sites for hydroxylation is 1. The Labute approximate surface area is 276 Å². The highest BCUT2D eigenvalue weighted by atomic mass is 32.1. The third kappa shape index (κ3) is 7.81. The van der Waals surface area contributed by atoms with Crippen LogP contribution in [-0.2, 0) is 32.5 Å². The van der Waals surface area contributed by atoms with Crippen molar-refractivity contribution >= 4 is 25.2 Å². The summed E-state index contributed by atoms with van der Waals surface area (Å²) in [5.41, 5.74) is 6.78. The molecule has 10 heteroatoms. The summed E-state index contributed by atoms with van der Waals surface area (Å²) in [5.74, 6) is 2.27. The van der Waals surface area contributed by atoms with Gasteiger partial charge in [-0.15, -0.1) is 0 Å². The molecule has 3 aromatic carbocycles. The number of carbonyl (C=O) groups is 2. The minimum Gasteiger partial charge on any atom is -0.497 e. The smallest absolute Gasteiger partial charge is 0.254 e. The number of aromatic nitrogens is 1. The van der Waals surface area contributed by atoms with Gasteiger partial charge >= 0.3 is 0 Å². The van der Waals surface area contributed by atoms with Gasteiger partial charge in [0.25, 0.3) is 5.91 Å². The molecule has 9 nitrogen and oxygen atoms in total. The Hall–Kier alpha value is -4.12. The highest BCUT2D eigenvalue weighted by Crippen LogP contribution is 2.26. The molecule has 1 aromatic heterocycles. The number of ketones is 1. The molecule has 1 atom stereocenters. The summed E-state index contributed by atoms with van der Waals surface area (Å²) in [5, 5.41) is 10.8. The lowest BCUT2D eigenvalue weighted by atomic mass is 9.94. The molecule has 6 rings (SSSR count). The Morgan fingerprint density at radius 1 is 0.913 bits per heavy atom. The molecule has 0 fully saturated rings. The van der Waals surface area contributed by atoms with Gasteiger partial charge in [-0.25, -0.2) is 4.98 Å². The number of aliphatic hydroxyl groups excluding tert-OH is 1. The number of carbonyl (C=O) groups excluding carboxylic acids is 2. The van der Waals surface area contributed by atoms with Crippen molar-refractivity contribution in [1.29, 1.82) is 0 Å². The molecule has 0 spiro atoms. The van der Waals surface area contributed by atoms with Crippen molar-refractivity contribution < 1.29 is 28.6 Å². The van der Waals surface area contributed by atoms with Crippen LogP contribution in [0.25, 0.3) is 0 Å². The molecule has 0 saturated carbocycles. The summed E-state index contributed by atoms with van der Waals surface area (Å²) in [7, 11) is 1.60. The topological polar surface area (TPSA) is 105 Å². The Morgan fingerprint density at radius 2 is 1.61 bits per heavy atom. The van der Waals surface area contributed by atoms with E-state index in [2.05, 4.69) is 22.0 Å². The van der Waals surface area contributed by atoms with Crippen molar-refractivity contribution in [2.24, 2.45) is 0 Å². The Kier molecular flexibility index (Phi) is 10.8. The second kappa shape index (κ2) is 15.0. The monoisotopic (exact) mass is 643 g/mol. The van der Waals surface area contributed by atoms with Crippen LogP contribution in [0.2, 0.25) is 0 Å².